The minimum atomic E-state index is -4.50. The van der Waals surface area contributed by atoms with Crippen molar-refractivity contribution in [3.8, 4) is 5.75 Å². The van der Waals surface area contributed by atoms with Crippen molar-refractivity contribution in [1.29, 1.82) is 0 Å². The molecule has 0 amide bonds. The maximum atomic E-state index is 15.3. The highest BCUT2D eigenvalue weighted by molar-refractivity contribution is 7.89. The predicted octanol–water partition coefficient (Wildman–Crippen LogP) is 4.87. The van der Waals surface area contributed by atoms with E-state index in [0.717, 1.165) is 36.5 Å². The van der Waals surface area contributed by atoms with Gasteiger partial charge in [-0.05, 0) is 50.6 Å². The lowest BCUT2D eigenvalue weighted by molar-refractivity contribution is -0.0383. The van der Waals surface area contributed by atoms with Crippen molar-refractivity contribution in [2.45, 2.75) is 55.8 Å². The molecule has 12 heteroatoms. The molecule has 1 aromatic heterocycles. The van der Waals surface area contributed by atoms with E-state index in [0.29, 0.717) is 19.1 Å². The summed E-state index contributed by atoms with van der Waals surface area (Å²) >= 11 is 0. The van der Waals surface area contributed by atoms with Gasteiger partial charge >= 0.3 is 0 Å². The van der Waals surface area contributed by atoms with E-state index in [1.807, 2.05) is 36.4 Å². The van der Waals surface area contributed by atoms with Gasteiger partial charge in [-0.15, -0.1) is 0 Å². The number of halogens is 2. The molecule has 1 N–H and O–H groups in total. The van der Waals surface area contributed by atoms with E-state index in [1.54, 1.807) is 17.9 Å². The van der Waals surface area contributed by atoms with Crippen LogP contribution in [0.4, 0.5) is 8.78 Å². The summed E-state index contributed by atoms with van der Waals surface area (Å²) in [6.07, 6.45) is 5.23. The number of ether oxygens (including phenoxy) is 2. The van der Waals surface area contributed by atoms with Crippen LogP contribution in [0.2, 0.25) is 0 Å². The molecule has 3 atom stereocenters. The van der Waals surface area contributed by atoms with E-state index in [4.69, 9.17) is 9.47 Å². The third-order valence-electron chi connectivity index (χ3n) is 6.63. The van der Waals surface area contributed by atoms with E-state index >= 15 is 8.78 Å². The molecule has 1 saturated carbocycles. The smallest absolute Gasteiger partial charge is 0.266 e. The molecule has 1 fully saturated rings. The van der Waals surface area contributed by atoms with Crippen LogP contribution in [0.1, 0.15) is 43.4 Å². The van der Waals surface area contributed by atoms with Gasteiger partial charge in [0.15, 0.2) is 11.6 Å². The number of aryl methyl sites for hydroxylation is 1. The van der Waals surface area contributed by atoms with Crippen LogP contribution >= 0.6 is 0 Å². The number of rotatable bonds is 11. The summed E-state index contributed by atoms with van der Waals surface area (Å²) in [7, 11) is -2.69. The maximum Gasteiger partial charge on any atom is 0.266 e. The van der Waals surface area contributed by atoms with Crippen molar-refractivity contribution in [1.82, 2.24) is 14.5 Å². The van der Waals surface area contributed by atoms with Crippen molar-refractivity contribution in [3.63, 3.8) is 0 Å². The SMILES string of the molecule is C=N/C=N\C(=C/C)NS(=O)(=O)c1cc(F)c(O[C@H]2CCC[C@@H](OCc3ccccc3)[C@@H]2c2ccnn2C)cc1F. The van der Waals surface area contributed by atoms with E-state index in [2.05, 4.69) is 26.5 Å². The molecule has 0 unspecified atom stereocenters. The second kappa shape index (κ2) is 13.0. The number of aliphatic imine (C=N–C) groups is 2. The van der Waals surface area contributed by atoms with Gasteiger partial charge in [0.1, 0.15) is 29.0 Å². The minimum Gasteiger partial charge on any atom is -0.486 e. The van der Waals surface area contributed by atoms with Crippen LogP contribution in [0.25, 0.3) is 0 Å². The van der Waals surface area contributed by atoms with Gasteiger partial charge in [0.05, 0.1) is 18.6 Å². The van der Waals surface area contributed by atoms with Crippen LogP contribution < -0.4 is 9.46 Å². The molecule has 0 saturated heterocycles. The first-order valence-electron chi connectivity index (χ1n) is 12.7. The summed E-state index contributed by atoms with van der Waals surface area (Å²) in [5.74, 6) is -3.04. The first kappa shape index (κ1) is 29.1. The fourth-order valence-corrected chi connectivity index (χ4v) is 5.86. The Morgan fingerprint density at radius 2 is 1.93 bits per heavy atom. The molecule has 9 nitrogen and oxygen atoms in total. The molecule has 3 aromatic rings. The second-order valence-corrected chi connectivity index (χ2v) is 10.9. The Morgan fingerprint density at radius 1 is 1.18 bits per heavy atom. The molecule has 40 heavy (non-hydrogen) atoms. The summed E-state index contributed by atoms with van der Waals surface area (Å²) in [5, 5.41) is 4.28. The zero-order chi connectivity index (χ0) is 28.7. The molecule has 0 spiro atoms. The van der Waals surface area contributed by atoms with Crippen LogP contribution in [0.3, 0.4) is 0 Å². The molecule has 1 aliphatic rings. The van der Waals surface area contributed by atoms with Crippen molar-refractivity contribution in [2.24, 2.45) is 17.0 Å². The van der Waals surface area contributed by atoms with E-state index in [-0.39, 0.29) is 17.8 Å². The average molecular weight is 572 g/mol. The molecular weight excluding hydrogens is 540 g/mol. The zero-order valence-electron chi connectivity index (χ0n) is 22.2. The van der Waals surface area contributed by atoms with Gasteiger partial charge in [-0.2, -0.15) is 5.10 Å². The molecular formula is C28H31F2N5O4S. The van der Waals surface area contributed by atoms with Crippen LogP contribution in [0.15, 0.2) is 81.5 Å². The second-order valence-electron chi connectivity index (χ2n) is 9.25. The molecule has 0 aliphatic heterocycles. The summed E-state index contributed by atoms with van der Waals surface area (Å²) in [6, 6.07) is 13.0. The van der Waals surface area contributed by atoms with Gasteiger partial charge in [0.25, 0.3) is 10.0 Å². The lowest BCUT2D eigenvalue weighted by atomic mass is 9.81. The molecule has 1 aliphatic carbocycles. The zero-order valence-corrected chi connectivity index (χ0v) is 23.0. The van der Waals surface area contributed by atoms with E-state index in [1.165, 1.54) is 13.0 Å². The topological polar surface area (TPSA) is 107 Å². The summed E-state index contributed by atoms with van der Waals surface area (Å²) < 4.78 is 72.1. The monoisotopic (exact) mass is 571 g/mol. The number of sulfonamides is 1. The number of nitrogens with one attached hydrogen (secondary N) is 1. The quantitative estimate of drug-likeness (QED) is 0.261. The number of hydrogen-bond donors (Lipinski definition) is 1. The number of aromatic nitrogens is 2. The van der Waals surface area contributed by atoms with Gasteiger partial charge in [-0.25, -0.2) is 22.2 Å². The van der Waals surface area contributed by atoms with Gasteiger partial charge in [-0.3, -0.25) is 14.4 Å². The average Bonchev–Trinajstić information content (AvgIpc) is 3.37. The summed E-state index contributed by atoms with van der Waals surface area (Å²) in [6.45, 7) is 5.12. The Labute approximate surface area is 232 Å². The molecule has 1 heterocycles. The number of allylic oxidation sites excluding steroid dienone is 1. The fourth-order valence-electron chi connectivity index (χ4n) is 4.73. The van der Waals surface area contributed by atoms with E-state index in [9.17, 15) is 8.42 Å². The maximum absolute atomic E-state index is 15.3. The predicted molar refractivity (Wildman–Crippen MR) is 148 cm³/mol. The summed E-state index contributed by atoms with van der Waals surface area (Å²) in [5.41, 5.74) is 1.85. The third kappa shape index (κ3) is 6.80. The third-order valence-corrected chi connectivity index (χ3v) is 8.00. The highest BCUT2D eigenvalue weighted by atomic mass is 32.2. The standard InChI is InChI=1S/C28H31F2N5O4S/c1-4-27(32-18-31-2)34-40(36,37)26-16-20(29)25(15-21(26)30)39-24-12-8-11-23(28(24)22-13-14-33-35(22)3)38-17-19-9-6-5-7-10-19/h4-7,9-10,13-16,18,23-24,28,34H,2,8,11-12,17H2,1,3H3/b27-4+,32-18-/t23-,24+,28+/m1/s1. The molecule has 0 radical (unpaired) electrons. The van der Waals surface area contributed by atoms with Gasteiger partial charge in [-0.1, -0.05) is 30.3 Å². The Hall–Kier alpha value is -3.90. The van der Waals surface area contributed by atoms with Crippen LogP contribution in [0.5, 0.6) is 5.75 Å². The lowest BCUT2D eigenvalue weighted by Crippen LogP contribution is -2.40. The number of benzene rings is 2. The lowest BCUT2D eigenvalue weighted by Gasteiger charge is -2.38. The van der Waals surface area contributed by atoms with Crippen LogP contribution in [-0.4, -0.2) is 43.5 Å². The normalized spacial score (nSPS) is 20.0. The highest BCUT2D eigenvalue weighted by Gasteiger charge is 2.39. The Balaban J connectivity index is 1.59. The minimum absolute atomic E-state index is 0.129. The van der Waals surface area contributed by atoms with Crippen molar-refractivity contribution in [3.05, 3.63) is 89.5 Å². The fraction of sp³-hybridized carbons (Fsp3) is 0.321. The van der Waals surface area contributed by atoms with Crippen molar-refractivity contribution < 1.29 is 26.7 Å². The first-order valence-corrected chi connectivity index (χ1v) is 14.2. The Morgan fingerprint density at radius 3 is 2.60 bits per heavy atom. The Bertz CT molecular complexity index is 1490. The van der Waals surface area contributed by atoms with Gasteiger partial charge in [0.2, 0.25) is 0 Å². The van der Waals surface area contributed by atoms with Gasteiger partial charge in [0, 0.05) is 31.1 Å². The number of hydrogen-bond acceptors (Lipinski definition) is 6. The van der Waals surface area contributed by atoms with E-state index < -0.39 is 38.4 Å². The molecule has 4 rings (SSSR count). The van der Waals surface area contributed by atoms with Crippen molar-refractivity contribution in [2.75, 3.05) is 0 Å². The highest BCUT2D eigenvalue weighted by Crippen LogP contribution is 2.39. The summed E-state index contributed by atoms with van der Waals surface area (Å²) in [4.78, 5) is 6.28. The number of nitrogens with zero attached hydrogens (tertiary/aromatic N) is 4. The van der Waals surface area contributed by atoms with Gasteiger partial charge < -0.3 is 9.47 Å². The van der Waals surface area contributed by atoms with Crippen LogP contribution in [0, 0.1) is 11.6 Å². The first-order chi connectivity index (χ1) is 19.2. The van der Waals surface area contributed by atoms with Crippen LogP contribution in [-0.2, 0) is 28.4 Å². The largest absolute Gasteiger partial charge is 0.486 e. The van der Waals surface area contributed by atoms with Crippen molar-refractivity contribution >= 4 is 23.1 Å². The molecule has 212 valence electrons. The Kier molecular flexibility index (Phi) is 9.43. The molecule has 0 bridgehead atoms. The molecule has 2 aromatic carbocycles.